The van der Waals surface area contributed by atoms with Gasteiger partial charge in [0.1, 0.15) is 11.7 Å². The van der Waals surface area contributed by atoms with Gasteiger partial charge in [0.2, 0.25) is 0 Å². The lowest BCUT2D eigenvalue weighted by atomic mass is 9.88. The average Bonchev–Trinajstić information content (AvgIpc) is 2.51. The van der Waals surface area contributed by atoms with Crippen molar-refractivity contribution in [1.29, 1.82) is 10.5 Å². The Labute approximate surface area is 128 Å². The maximum Gasteiger partial charge on any atom is 0.143 e. The minimum absolute atomic E-state index is 0.231. The van der Waals surface area contributed by atoms with Gasteiger partial charge in [-0.25, -0.2) is 0 Å². The molecule has 1 atom stereocenters. The van der Waals surface area contributed by atoms with Gasteiger partial charge in [0.05, 0.1) is 19.2 Å². The smallest absolute Gasteiger partial charge is 0.143 e. The molecule has 104 valence electrons. The lowest BCUT2D eigenvalue weighted by Gasteiger charge is -2.15. The molecule has 3 nitrogen and oxygen atoms in total. The third-order valence-corrected chi connectivity index (χ3v) is 4.93. The summed E-state index contributed by atoms with van der Waals surface area (Å²) < 4.78 is 6.23. The minimum atomic E-state index is -0.697. The van der Waals surface area contributed by atoms with Crippen molar-refractivity contribution >= 4 is 23.5 Å². The van der Waals surface area contributed by atoms with Crippen molar-refractivity contribution in [2.24, 2.45) is 5.92 Å². The molecule has 0 saturated heterocycles. The van der Waals surface area contributed by atoms with E-state index in [-0.39, 0.29) is 5.92 Å². The minimum Gasteiger partial charge on any atom is -0.497 e. The molecule has 0 bridgehead atoms. The second kappa shape index (κ2) is 8.58. The normalized spacial score (nSPS) is 11.3. The maximum atomic E-state index is 9.18. The van der Waals surface area contributed by atoms with Crippen molar-refractivity contribution in [2.45, 2.75) is 5.92 Å². The number of nitrogens with zero attached hydrogens (tertiary/aromatic N) is 2. The predicted octanol–water partition coefficient (Wildman–Crippen LogP) is 4.01. The quantitative estimate of drug-likeness (QED) is 0.794. The number of methoxy groups -OCH3 is 1. The van der Waals surface area contributed by atoms with Crippen LogP contribution in [0.3, 0.4) is 0 Å². The zero-order valence-electron chi connectivity index (χ0n) is 11.7. The summed E-state index contributed by atoms with van der Waals surface area (Å²) >= 11 is 3.24. The number of ether oxygens (including phenoxy) is 1. The molecule has 0 amide bonds. The number of allylic oxidation sites excluding steroid dienone is 1. The largest absolute Gasteiger partial charge is 0.497 e. The molecule has 20 heavy (non-hydrogen) atoms. The summed E-state index contributed by atoms with van der Waals surface area (Å²) in [5, 5.41) is 18.4. The molecule has 0 N–H and O–H groups in total. The third kappa shape index (κ3) is 4.23. The number of benzene rings is 1. The van der Waals surface area contributed by atoms with E-state index in [0.717, 1.165) is 15.6 Å². The van der Waals surface area contributed by atoms with Crippen LogP contribution in [-0.4, -0.2) is 19.6 Å². The van der Waals surface area contributed by atoms with Gasteiger partial charge in [-0.05, 0) is 30.2 Å². The van der Waals surface area contributed by atoms with Crippen LogP contribution < -0.4 is 4.74 Å². The number of thioether (sulfide) groups is 2. The van der Waals surface area contributed by atoms with Crippen molar-refractivity contribution in [3.8, 4) is 17.9 Å². The Morgan fingerprint density at radius 1 is 1.15 bits per heavy atom. The summed E-state index contributed by atoms with van der Waals surface area (Å²) in [5.41, 5.74) is 0.944. The van der Waals surface area contributed by atoms with Crippen molar-refractivity contribution in [3.63, 3.8) is 0 Å². The predicted molar refractivity (Wildman–Crippen MR) is 85.6 cm³/mol. The van der Waals surface area contributed by atoms with E-state index < -0.39 is 5.92 Å². The number of nitriles is 2. The Kier molecular flexibility index (Phi) is 7.08. The van der Waals surface area contributed by atoms with Crippen molar-refractivity contribution in [2.75, 3.05) is 19.6 Å². The summed E-state index contributed by atoms with van der Waals surface area (Å²) in [6.45, 7) is 0. The van der Waals surface area contributed by atoms with E-state index >= 15 is 0 Å². The van der Waals surface area contributed by atoms with Crippen molar-refractivity contribution < 1.29 is 4.74 Å². The fourth-order valence-corrected chi connectivity index (χ4v) is 3.00. The molecule has 0 aliphatic heterocycles. The molecule has 0 heterocycles. The fourth-order valence-electron chi connectivity index (χ4n) is 1.77. The summed E-state index contributed by atoms with van der Waals surface area (Å²) in [7, 11) is 1.61. The van der Waals surface area contributed by atoms with Crippen molar-refractivity contribution in [1.82, 2.24) is 0 Å². The van der Waals surface area contributed by atoms with E-state index in [1.165, 1.54) is 0 Å². The lowest BCUT2D eigenvalue weighted by molar-refractivity contribution is 0.414. The fraction of sp³-hybridized carbons (Fsp3) is 0.333. The molecular weight excluding hydrogens is 288 g/mol. The number of rotatable bonds is 6. The Bertz CT molecular complexity index is 520. The summed E-state index contributed by atoms with van der Waals surface area (Å²) in [4.78, 5) is 0. The molecule has 1 unspecified atom stereocenters. The highest BCUT2D eigenvalue weighted by Gasteiger charge is 2.21. The van der Waals surface area contributed by atoms with Gasteiger partial charge in [-0.1, -0.05) is 18.2 Å². The first-order valence-corrected chi connectivity index (χ1v) is 8.38. The molecule has 0 spiro atoms. The highest BCUT2D eigenvalue weighted by atomic mass is 32.2. The molecule has 0 aromatic heterocycles. The zero-order valence-corrected chi connectivity index (χ0v) is 13.3. The van der Waals surface area contributed by atoms with Crippen LogP contribution in [0.5, 0.6) is 5.75 Å². The van der Waals surface area contributed by atoms with Crippen LogP contribution in [0.4, 0.5) is 0 Å². The molecule has 1 rings (SSSR count). The summed E-state index contributed by atoms with van der Waals surface area (Å²) in [6, 6.07) is 11.7. The molecule has 0 saturated carbocycles. The highest BCUT2D eigenvalue weighted by Crippen LogP contribution is 2.33. The summed E-state index contributed by atoms with van der Waals surface area (Å²) in [6.07, 6.45) is 5.97. The second-order valence-electron chi connectivity index (χ2n) is 3.93. The average molecular weight is 304 g/mol. The van der Waals surface area contributed by atoms with E-state index in [1.807, 2.05) is 42.9 Å². The Morgan fingerprint density at radius 2 is 1.70 bits per heavy atom. The van der Waals surface area contributed by atoms with Gasteiger partial charge in [-0.3, -0.25) is 0 Å². The monoisotopic (exact) mass is 304 g/mol. The lowest BCUT2D eigenvalue weighted by Crippen LogP contribution is -2.07. The van der Waals surface area contributed by atoms with Crippen LogP contribution in [-0.2, 0) is 0 Å². The summed E-state index contributed by atoms with van der Waals surface area (Å²) in [5.74, 6) is -0.166. The van der Waals surface area contributed by atoms with Gasteiger partial charge in [0.25, 0.3) is 0 Å². The molecule has 0 aliphatic carbocycles. The maximum absolute atomic E-state index is 9.18. The van der Waals surface area contributed by atoms with Crippen LogP contribution in [0.2, 0.25) is 0 Å². The molecule has 1 aromatic carbocycles. The third-order valence-electron chi connectivity index (χ3n) is 2.86. The SMILES string of the molecule is COc1ccc(C(C=C(SC)SC)C(C#N)C#N)cc1. The van der Waals surface area contributed by atoms with Gasteiger partial charge < -0.3 is 4.74 Å². The first kappa shape index (κ1) is 16.5. The number of hydrogen-bond donors (Lipinski definition) is 0. The highest BCUT2D eigenvalue weighted by molar-refractivity contribution is 8.21. The first-order chi connectivity index (χ1) is 9.69. The van der Waals surface area contributed by atoms with Crippen LogP contribution in [0.1, 0.15) is 11.5 Å². The van der Waals surface area contributed by atoms with E-state index in [4.69, 9.17) is 4.74 Å². The topological polar surface area (TPSA) is 56.8 Å². The molecule has 5 heteroatoms. The zero-order chi connectivity index (χ0) is 15.0. The Hall–Kier alpha value is -1.56. The Morgan fingerprint density at radius 3 is 2.10 bits per heavy atom. The van der Waals surface area contributed by atoms with Crippen LogP contribution in [0.15, 0.2) is 34.6 Å². The standard InChI is InChI=1S/C15H16N2OS2/c1-18-13-6-4-11(5-7-13)14(12(9-16)10-17)8-15(19-2)20-3/h4-8,12,14H,1-3H3. The number of hydrogen-bond acceptors (Lipinski definition) is 5. The molecule has 0 aliphatic rings. The van der Waals surface area contributed by atoms with E-state index in [2.05, 4.69) is 12.1 Å². The van der Waals surface area contributed by atoms with Gasteiger partial charge >= 0.3 is 0 Å². The van der Waals surface area contributed by atoms with E-state index in [9.17, 15) is 10.5 Å². The van der Waals surface area contributed by atoms with E-state index in [1.54, 1.807) is 30.6 Å². The molecular formula is C15H16N2OS2. The molecule has 1 aromatic rings. The van der Waals surface area contributed by atoms with Gasteiger partial charge in [0, 0.05) is 10.2 Å². The van der Waals surface area contributed by atoms with Gasteiger partial charge in [-0.2, -0.15) is 10.5 Å². The first-order valence-electron chi connectivity index (χ1n) is 5.93. The molecule has 0 fully saturated rings. The van der Waals surface area contributed by atoms with E-state index in [0.29, 0.717) is 0 Å². The second-order valence-corrected chi connectivity index (χ2v) is 5.88. The van der Waals surface area contributed by atoms with Crippen LogP contribution >= 0.6 is 23.5 Å². The van der Waals surface area contributed by atoms with Gasteiger partial charge in [0.15, 0.2) is 0 Å². The molecule has 0 radical (unpaired) electrons. The van der Waals surface area contributed by atoms with Crippen molar-refractivity contribution in [3.05, 3.63) is 40.1 Å². The van der Waals surface area contributed by atoms with Gasteiger partial charge in [-0.15, -0.1) is 23.5 Å². The Balaban J connectivity index is 3.19. The van der Waals surface area contributed by atoms with Crippen LogP contribution in [0, 0.1) is 28.6 Å². The van der Waals surface area contributed by atoms with Crippen LogP contribution in [0.25, 0.3) is 0 Å².